The zero-order valence-electron chi connectivity index (χ0n) is 41.0. The Kier molecular flexibility index (Phi) is 13.1. The van der Waals surface area contributed by atoms with E-state index in [-0.39, 0.29) is 42.1 Å². The third kappa shape index (κ3) is 9.12. The number of carbonyl (C=O) groups excluding carboxylic acids is 3. The van der Waals surface area contributed by atoms with Crippen LogP contribution in [0.3, 0.4) is 0 Å². The largest absolute Gasteiger partial charge is 0.388 e. The number of fused-ring (bicyclic) bond motifs is 2. The third-order valence-electron chi connectivity index (χ3n) is 15.5. The molecule has 10 rings (SSSR count). The number of halogens is 2. The monoisotopic (exact) mass is 969 g/mol. The first-order valence-corrected chi connectivity index (χ1v) is 24.7. The molecule has 0 aliphatic carbocycles. The first-order valence-electron chi connectivity index (χ1n) is 24.7. The lowest BCUT2D eigenvalue weighted by Crippen LogP contribution is -2.48. The van der Waals surface area contributed by atoms with Crippen LogP contribution in [0.4, 0.5) is 14.5 Å². The van der Waals surface area contributed by atoms with E-state index in [2.05, 4.69) is 54.0 Å². The standard InChI is InChI=1S/C53H61F2N11O5/c1-32-24-36(25-41(55)49(32)35-11-17-63(18-12-35)33(2)44-28-39-42(8-14-57-50(39)59(44)4)65-19-13-38(56-3)27-48(65)68)52(70)64-15-9-34(10-16-64)30-61-20-22-62(23-21-61)31-37-26-45-46(29-40(37)54)66(53(71)60(45)5)43-6-7-47(67)58-51(43)69/h8,11,13-14,19,24-29,33-34,43,56H,6-7,9-10,12,15-18,20-23,30-31H2,1-5H3,(H,58,67,69)/t33-,43?/m0/s1. The molecule has 3 amide bonds. The molecule has 2 atom stereocenters. The average molecular weight is 970 g/mol. The van der Waals surface area contributed by atoms with Crippen molar-refractivity contribution < 1.29 is 23.2 Å². The molecule has 16 nitrogen and oxygen atoms in total. The summed E-state index contributed by atoms with van der Waals surface area (Å²) in [5, 5.41) is 6.19. The van der Waals surface area contributed by atoms with Gasteiger partial charge in [0, 0.05) is 157 Å². The second-order valence-electron chi connectivity index (χ2n) is 19.8. The average Bonchev–Trinajstić information content (AvgIpc) is 3.82. The molecule has 4 aliphatic heterocycles. The van der Waals surface area contributed by atoms with Crippen LogP contribution in [-0.2, 0) is 30.2 Å². The number of imidazole rings is 1. The highest BCUT2D eigenvalue weighted by Gasteiger charge is 2.33. The molecule has 0 bridgehead atoms. The molecule has 4 aromatic heterocycles. The Morgan fingerprint density at radius 2 is 1.62 bits per heavy atom. The van der Waals surface area contributed by atoms with Gasteiger partial charge in [0.05, 0.1) is 16.7 Å². The van der Waals surface area contributed by atoms with E-state index in [0.29, 0.717) is 66.2 Å². The van der Waals surface area contributed by atoms with E-state index < -0.39 is 23.5 Å². The summed E-state index contributed by atoms with van der Waals surface area (Å²) >= 11 is 0. The molecule has 3 fully saturated rings. The number of rotatable bonds is 11. The number of imide groups is 1. The minimum Gasteiger partial charge on any atom is -0.388 e. The molecule has 4 aliphatic rings. The van der Waals surface area contributed by atoms with Crippen molar-refractivity contribution in [3.8, 4) is 5.69 Å². The highest BCUT2D eigenvalue weighted by molar-refractivity contribution is 6.00. The van der Waals surface area contributed by atoms with Gasteiger partial charge in [-0.15, -0.1) is 0 Å². The lowest BCUT2D eigenvalue weighted by Gasteiger charge is -2.39. The van der Waals surface area contributed by atoms with Gasteiger partial charge in [0.1, 0.15) is 23.3 Å². The maximum Gasteiger partial charge on any atom is 0.329 e. The maximum absolute atomic E-state index is 16.1. The summed E-state index contributed by atoms with van der Waals surface area (Å²) in [6.45, 7) is 11.1. The summed E-state index contributed by atoms with van der Waals surface area (Å²) in [6.07, 6.45) is 8.27. The van der Waals surface area contributed by atoms with Gasteiger partial charge in [-0.3, -0.25) is 48.0 Å². The van der Waals surface area contributed by atoms with Crippen LogP contribution in [0.5, 0.6) is 0 Å². The van der Waals surface area contributed by atoms with Gasteiger partial charge in [-0.05, 0) is 93.0 Å². The van der Waals surface area contributed by atoms with Crippen molar-refractivity contribution in [2.75, 3.05) is 71.3 Å². The summed E-state index contributed by atoms with van der Waals surface area (Å²) in [7, 11) is 5.39. The number of hydrogen-bond acceptors (Lipinski definition) is 10. The van der Waals surface area contributed by atoms with Crippen LogP contribution in [0.2, 0.25) is 0 Å². The predicted octanol–water partition coefficient (Wildman–Crippen LogP) is 5.50. The SMILES string of the molecule is CNc1ccn(-c2ccnc3c2cc([C@H](C)N2CC=C(c4c(C)cc(C(=O)N5CCC(CN6CCN(Cc7cc8c(cc7F)n(C7CCC(=O)NC7=O)c(=O)n8C)CC6)CC5)cc4F)CC2)n3C)c(=O)c1. The molecule has 8 heterocycles. The van der Waals surface area contributed by atoms with Crippen molar-refractivity contribution in [1.29, 1.82) is 0 Å². The van der Waals surface area contributed by atoms with E-state index >= 15 is 8.78 Å². The first-order chi connectivity index (χ1) is 34.2. The van der Waals surface area contributed by atoms with Gasteiger partial charge < -0.3 is 19.7 Å². The highest BCUT2D eigenvalue weighted by Crippen LogP contribution is 2.35. The minimum absolute atomic E-state index is 0.0195. The first kappa shape index (κ1) is 47.9. The molecule has 0 radical (unpaired) electrons. The van der Waals surface area contributed by atoms with E-state index in [9.17, 15) is 24.0 Å². The third-order valence-corrected chi connectivity index (χ3v) is 15.5. The number of aromatic nitrogens is 5. The van der Waals surface area contributed by atoms with Crippen LogP contribution in [0.1, 0.15) is 83.9 Å². The summed E-state index contributed by atoms with van der Waals surface area (Å²) < 4.78 is 38.2. The van der Waals surface area contributed by atoms with E-state index in [0.717, 1.165) is 91.3 Å². The highest BCUT2D eigenvalue weighted by atomic mass is 19.1. The van der Waals surface area contributed by atoms with Crippen molar-refractivity contribution >= 4 is 51.0 Å². The second-order valence-corrected chi connectivity index (χ2v) is 19.8. The van der Waals surface area contributed by atoms with Crippen LogP contribution in [0.25, 0.3) is 33.3 Å². The lowest BCUT2D eigenvalue weighted by atomic mass is 9.92. The number of piperidine rings is 2. The second kappa shape index (κ2) is 19.4. The number of aryl methyl sites for hydroxylation is 3. The quantitative estimate of drug-likeness (QED) is 0.159. The van der Waals surface area contributed by atoms with E-state index in [1.54, 1.807) is 43.2 Å². The van der Waals surface area contributed by atoms with E-state index in [1.807, 2.05) is 37.1 Å². The number of amides is 3. The topological polar surface area (TPSA) is 155 Å². The molecule has 18 heteroatoms. The van der Waals surface area contributed by atoms with Crippen molar-refractivity contribution in [3.05, 3.63) is 127 Å². The summed E-state index contributed by atoms with van der Waals surface area (Å²) in [4.78, 5) is 77.9. The van der Waals surface area contributed by atoms with Gasteiger partial charge in [-0.1, -0.05) is 6.08 Å². The number of carbonyl (C=O) groups is 3. The predicted molar refractivity (Wildman–Crippen MR) is 268 cm³/mol. The molecule has 71 heavy (non-hydrogen) atoms. The fraction of sp³-hybridized carbons (Fsp3) is 0.434. The van der Waals surface area contributed by atoms with Crippen molar-refractivity contribution in [3.63, 3.8) is 0 Å². The van der Waals surface area contributed by atoms with E-state index in [1.165, 1.54) is 21.3 Å². The van der Waals surface area contributed by atoms with Crippen LogP contribution in [0, 0.1) is 24.5 Å². The van der Waals surface area contributed by atoms with Crippen LogP contribution < -0.4 is 21.9 Å². The smallest absolute Gasteiger partial charge is 0.329 e. The fourth-order valence-corrected chi connectivity index (χ4v) is 11.4. The number of piperazine rings is 1. The summed E-state index contributed by atoms with van der Waals surface area (Å²) in [5.41, 5.74) is 6.78. The Morgan fingerprint density at radius 1 is 0.859 bits per heavy atom. The van der Waals surface area contributed by atoms with Gasteiger partial charge >= 0.3 is 5.69 Å². The van der Waals surface area contributed by atoms with Gasteiger partial charge in [0.15, 0.2) is 0 Å². The van der Waals surface area contributed by atoms with Crippen molar-refractivity contribution in [2.24, 2.45) is 20.0 Å². The number of nitrogens with zero attached hydrogens (tertiary/aromatic N) is 9. The van der Waals surface area contributed by atoms with Crippen LogP contribution in [0.15, 0.2) is 76.6 Å². The Morgan fingerprint density at radius 3 is 2.31 bits per heavy atom. The number of benzene rings is 2. The zero-order chi connectivity index (χ0) is 49.8. The minimum atomic E-state index is -0.875. The molecule has 0 spiro atoms. The van der Waals surface area contributed by atoms with Gasteiger partial charge in [0.25, 0.3) is 11.5 Å². The van der Waals surface area contributed by atoms with Crippen molar-refractivity contribution in [2.45, 2.75) is 64.6 Å². The Hall–Kier alpha value is -6.76. The maximum atomic E-state index is 16.1. The molecule has 0 saturated carbocycles. The van der Waals surface area contributed by atoms with Gasteiger partial charge in [-0.25, -0.2) is 18.6 Å². The zero-order valence-corrected chi connectivity index (χ0v) is 41.0. The Balaban J connectivity index is 0.715. The van der Waals surface area contributed by atoms with Crippen molar-refractivity contribution in [1.82, 2.24) is 48.2 Å². The van der Waals surface area contributed by atoms with Gasteiger partial charge in [-0.2, -0.15) is 0 Å². The normalized spacial score (nSPS) is 19.4. The lowest BCUT2D eigenvalue weighted by molar-refractivity contribution is -0.135. The number of likely N-dealkylation sites (tertiary alicyclic amines) is 1. The molecule has 372 valence electrons. The number of pyridine rings is 2. The Labute approximate surface area is 410 Å². The summed E-state index contributed by atoms with van der Waals surface area (Å²) in [6, 6.07) is 12.8. The van der Waals surface area contributed by atoms with Gasteiger partial charge in [0.2, 0.25) is 11.8 Å². The molecule has 6 aromatic rings. The molecule has 2 aromatic carbocycles. The molecule has 3 saturated heterocycles. The fourth-order valence-electron chi connectivity index (χ4n) is 11.4. The Bertz CT molecular complexity index is 3220. The molecular weight excluding hydrogens is 909 g/mol. The number of hydrogen-bond donors (Lipinski definition) is 2. The van der Waals surface area contributed by atoms with Crippen LogP contribution >= 0.6 is 0 Å². The molecule has 1 unspecified atom stereocenters. The number of nitrogens with one attached hydrogen (secondary N) is 2. The molecular formula is C53H61F2N11O5. The number of anilines is 1. The summed E-state index contributed by atoms with van der Waals surface area (Å²) in [5.74, 6) is -1.48. The molecule has 2 N–H and O–H groups in total. The van der Waals surface area contributed by atoms with E-state index in [4.69, 9.17) is 0 Å². The van der Waals surface area contributed by atoms with Crippen LogP contribution in [-0.4, -0.2) is 127 Å².